The van der Waals surface area contributed by atoms with E-state index in [2.05, 4.69) is 5.32 Å². The highest BCUT2D eigenvalue weighted by Gasteiger charge is 2.38. The molecule has 1 N–H and O–H groups in total. The third kappa shape index (κ3) is 3.24. The smallest absolute Gasteiger partial charge is 0.256 e. The number of carbonyl (C=O) groups is 2. The zero-order valence-electron chi connectivity index (χ0n) is 12.2. The molecule has 1 saturated heterocycles. The van der Waals surface area contributed by atoms with Crippen molar-refractivity contribution in [3.63, 3.8) is 0 Å². The minimum Gasteiger partial charge on any atom is -0.368 e. The van der Waals surface area contributed by atoms with E-state index in [9.17, 15) is 9.59 Å². The predicted molar refractivity (Wildman–Crippen MR) is 80.2 cm³/mol. The molecule has 21 heavy (non-hydrogen) atoms. The first-order valence-electron chi connectivity index (χ1n) is 7.47. The highest BCUT2D eigenvalue weighted by atomic mass is 16.5. The van der Waals surface area contributed by atoms with Gasteiger partial charge in [0.1, 0.15) is 6.10 Å². The zero-order chi connectivity index (χ0) is 14.8. The largest absolute Gasteiger partial charge is 0.368 e. The maximum atomic E-state index is 12.6. The van der Waals surface area contributed by atoms with Gasteiger partial charge < -0.3 is 15.0 Å². The Bertz CT molecular complexity index is 531. The average Bonchev–Trinajstić information content (AvgIpc) is 3.13. The normalized spacial score (nSPS) is 21.1. The molecule has 1 aliphatic heterocycles. The molecule has 2 aliphatic rings. The van der Waals surface area contributed by atoms with Crippen molar-refractivity contribution in [1.29, 1.82) is 0 Å². The van der Waals surface area contributed by atoms with Crippen LogP contribution >= 0.6 is 0 Å². The van der Waals surface area contributed by atoms with Crippen molar-refractivity contribution < 1.29 is 14.3 Å². The molecule has 1 heterocycles. The van der Waals surface area contributed by atoms with Gasteiger partial charge in [-0.25, -0.2) is 0 Å². The Balaban J connectivity index is 1.77. The molecule has 2 amide bonds. The van der Waals surface area contributed by atoms with E-state index in [4.69, 9.17) is 4.74 Å². The number of amides is 2. The van der Waals surface area contributed by atoms with Crippen LogP contribution in [-0.2, 0) is 14.3 Å². The first kappa shape index (κ1) is 14.1. The molecule has 0 aromatic heterocycles. The van der Waals surface area contributed by atoms with Crippen LogP contribution < -0.4 is 10.2 Å². The van der Waals surface area contributed by atoms with Crippen molar-refractivity contribution in [2.75, 3.05) is 16.8 Å². The van der Waals surface area contributed by atoms with Gasteiger partial charge >= 0.3 is 0 Å². The van der Waals surface area contributed by atoms with E-state index in [1.165, 1.54) is 6.92 Å². The van der Waals surface area contributed by atoms with Crippen LogP contribution in [0.5, 0.6) is 0 Å². The second-order valence-corrected chi connectivity index (χ2v) is 5.67. The van der Waals surface area contributed by atoms with Crippen molar-refractivity contribution in [2.24, 2.45) is 0 Å². The Morgan fingerprint density at radius 1 is 1.19 bits per heavy atom. The lowest BCUT2D eigenvalue weighted by Crippen LogP contribution is -2.40. The van der Waals surface area contributed by atoms with Crippen molar-refractivity contribution >= 4 is 23.2 Å². The van der Waals surface area contributed by atoms with E-state index in [0.717, 1.165) is 37.1 Å². The summed E-state index contributed by atoms with van der Waals surface area (Å²) in [5.74, 6) is -0.0282. The summed E-state index contributed by atoms with van der Waals surface area (Å²) in [6.07, 6.45) is 3.57. The number of benzene rings is 1. The van der Waals surface area contributed by atoms with Gasteiger partial charge in [0.25, 0.3) is 5.91 Å². The van der Waals surface area contributed by atoms with Crippen LogP contribution in [-0.4, -0.2) is 30.6 Å². The second kappa shape index (κ2) is 5.85. The number of nitrogens with one attached hydrogen (secondary N) is 1. The van der Waals surface area contributed by atoms with Crippen LogP contribution in [0.25, 0.3) is 0 Å². The first-order valence-corrected chi connectivity index (χ1v) is 7.47. The lowest BCUT2D eigenvalue weighted by atomic mass is 10.2. The van der Waals surface area contributed by atoms with E-state index in [0.29, 0.717) is 12.6 Å². The minimum atomic E-state index is -0.291. The molecule has 3 rings (SSSR count). The van der Waals surface area contributed by atoms with Crippen LogP contribution in [0.2, 0.25) is 0 Å². The molecule has 112 valence electrons. The van der Waals surface area contributed by atoms with Gasteiger partial charge in [0.2, 0.25) is 5.91 Å². The maximum Gasteiger partial charge on any atom is 0.256 e. The summed E-state index contributed by atoms with van der Waals surface area (Å²) in [7, 11) is 0. The van der Waals surface area contributed by atoms with Gasteiger partial charge in [-0.05, 0) is 49.9 Å². The molecular weight excluding hydrogens is 268 g/mol. The minimum absolute atomic E-state index is 0.0716. The van der Waals surface area contributed by atoms with E-state index < -0.39 is 0 Å². The summed E-state index contributed by atoms with van der Waals surface area (Å²) in [4.78, 5) is 25.5. The van der Waals surface area contributed by atoms with Crippen molar-refractivity contribution in [3.8, 4) is 0 Å². The van der Waals surface area contributed by atoms with E-state index in [1.54, 1.807) is 0 Å². The Morgan fingerprint density at radius 2 is 1.90 bits per heavy atom. The Labute approximate surface area is 124 Å². The van der Waals surface area contributed by atoms with Gasteiger partial charge in [0.05, 0.1) is 0 Å². The van der Waals surface area contributed by atoms with E-state index >= 15 is 0 Å². The number of nitrogens with zero attached hydrogens (tertiary/aromatic N) is 1. The summed E-state index contributed by atoms with van der Waals surface area (Å²) < 4.78 is 5.52. The summed E-state index contributed by atoms with van der Waals surface area (Å²) in [6.45, 7) is 2.15. The average molecular weight is 288 g/mol. The van der Waals surface area contributed by atoms with Gasteiger partial charge in [-0.1, -0.05) is 0 Å². The fraction of sp³-hybridized carbons (Fsp3) is 0.500. The Morgan fingerprint density at radius 3 is 2.43 bits per heavy atom. The molecule has 1 aromatic rings. The molecule has 1 aliphatic carbocycles. The second-order valence-electron chi connectivity index (χ2n) is 5.67. The quantitative estimate of drug-likeness (QED) is 0.925. The molecule has 5 nitrogen and oxygen atoms in total. The molecule has 0 bridgehead atoms. The molecule has 5 heteroatoms. The van der Waals surface area contributed by atoms with Gasteiger partial charge in [0.15, 0.2) is 0 Å². The van der Waals surface area contributed by atoms with Gasteiger partial charge in [-0.3, -0.25) is 9.59 Å². The van der Waals surface area contributed by atoms with Crippen molar-refractivity contribution in [1.82, 2.24) is 0 Å². The predicted octanol–water partition coefficient (Wildman–Crippen LogP) is 2.32. The molecule has 1 aromatic carbocycles. The summed E-state index contributed by atoms with van der Waals surface area (Å²) in [6, 6.07) is 7.73. The van der Waals surface area contributed by atoms with E-state index in [-0.39, 0.29) is 17.9 Å². The number of hydrogen-bond acceptors (Lipinski definition) is 3. The molecular formula is C16H20N2O3. The van der Waals surface area contributed by atoms with Crippen molar-refractivity contribution in [2.45, 2.75) is 44.8 Å². The molecule has 1 atom stereocenters. The number of anilines is 2. The number of rotatable bonds is 4. The Hall–Kier alpha value is -1.88. The fourth-order valence-electron chi connectivity index (χ4n) is 2.69. The monoisotopic (exact) mass is 288 g/mol. The topological polar surface area (TPSA) is 58.6 Å². The number of ether oxygens (including phenoxy) is 1. The summed E-state index contributed by atoms with van der Waals surface area (Å²) in [5, 5.41) is 2.73. The van der Waals surface area contributed by atoms with Gasteiger partial charge in [0, 0.05) is 30.9 Å². The number of hydrogen-bond donors (Lipinski definition) is 1. The fourth-order valence-corrected chi connectivity index (χ4v) is 2.69. The van der Waals surface area contributed by atoms with Crippen molar-refractivity contribution in [3.05, 3.63) is 24.3 Å². The molecule has 0 radical (unpaired) electrons. The molecule has 0 spiro atoms. The lowest BCUT2D eigenvalue weighted by molar-refractivity contribution is -0.127. The third-order valence-electron chi connectivity index (χ3n) is 3.82. The lowest BCUT2D eigenvalue weighted by Gasteiger charge is -2.25. The van der Waals surface area contributed by atoms with Crippen LogP contribution in [0.3, 0.4) is 0 Å². The first-order chi connectivity index (χ1) is 10.1. The van der Waals surface area contributed by atoms with Crippen LogP contribution in [0.4, 0.5) is 11.4 Å². The van der Waals surface area contributed by atoms with Crippen LogP contribution in [0.15, 0.2) is 24.3 Å². The summed E-state index contributed by atoms with van der Waals surface area (Å²) in [5.41, 5.74) is 1.62. The highest BCUT2D eigenvalue weighted by Crippen LogP contribution is 2.34. The van der Waals surface area contributed by atoms with Gasteiger partial charge in [-0.2, -0.15) is 0 Å². The highest BCUT2D eigenvalue weighted by molar-refractivity contribution is 5.98. The van der Waals surface area contributed by atoms with Gasteiger partial charge in [-0.15, -0.1) is 0 Å². The van der Waals surface area contributed by atoms with E-state index in [1.807, 2.05) is 29.2 Å². The molecule has 2 fully saturated rings. The van der Waals surface area contributed by atoms with Crippen LogP contribution in [0, 0.1) is 0 Å². The van der Waals surface area contributed by atoms with Crippen LogP contribution in [0.1, 0.15) is 32.6 Å². The molecule has 1 unspecified atom stereocenters. The zero-order valence-corrected chi connectivity index (χ0v) is 12.2. The molecule has 1 saturated carbocycles. The third-order valence-corrected chi connectivity index (χ3v) is 3.82. The summed E-state index contributed by atoms with van der Waals surface area (Å²) >= 11 is 0. The number of carbonyl (C=O) groups excluding carboxylic acids is 2. The SMILES string of the molecule is CC(=O)Nc1ccc(N(C(=O)C2CCCO2)C2CC2)cc1. The maximum absolute atomic E-state index is 12.6. The Kier molecular flexibility index (Phi) is 3.92. The standard InChI is InChI=1S/C16H20N2O3/c1-11(19)17-12-4-6-13(7-5-12)18(14-8-9-14)16(20)15-3-2-10-21-15/h4-7,14-15H,2-3,8-10H2,1H3,(H,17,19).